The topological polar surface area (TPSA) is 62.5 Å². The van der Waals surface area contributed by atoms with Gasteiger partial charge in [0.15, 0.2) is 0 Å². The zero-order valence-corrected chi connectivity index (χ0v) is 17.4. The predicted octanol–water partition coefficient (Wildman–Crippen LogP) is 4.11. The normalized spacial score (nSPS) is 15.0. The van der Waals surface area contributed by atoms with Gasteiger partial charge in [0.2, 0.25) is 11.8 Å². The highest BCUT2D eigenvalue weighted by atomic mass is 79.9. The molecule has 2 heterocycles. The molecule has 4 rings (SSSR count). The van der Waals surface area contributed by atoms with Crippen molar-refractivity contribution < 1.29 is 9.21 Å². The molecule has 3 aromatic rings. The van der Waals surface area contributed by atoms with Gasteiger partial charge in [-0.2, -0.15) is 0 Å². The van der Waals surface area contributed by atoms with E-state index < -0.39 is 0 Å². The Kier molecular flexibility index (Phi) is 5.75. The first kappa shape index (κ1) is 19.1. The minimum Gasteiger partial charge on any atom is -0.419 e. The number of piperazine rings is 1. The van der Waals surface area contributed by atoms with Crippen molar-refractivity contribution in [2.75, 3.05) is 26.2 Å². The van der Waals surface area contributed by atoms with Gasteiger partial charge in [-0.25, -0.2) is 0 Å². The van der Waals surface area contributed by atoms with Crippen LogP contribution in [0.3, 0.4) is 0 Å². The Bertz CT molecular complexity index is 968. The molecule has 1 aromatic heterocycles. The number of hydrogen-bond donors (Lipinski definition) is 0. The molecule has 8 heteroatoms. The number of carbonyl (C=O) groups is 1. The van der Waals surface area contributed by atoms with Crippen molar-refractivity contribution in [3.8, 4) is 11.5 Å². The van der Waals surface area contributed by atoms with Crippen LogP contribution in [0.4, 0.5) is 0 Å². The van der Waals surface area contributed by atoms with Crippen molar-refractivity contribution in [3.63, 3.8) is 0 Å². The summed E-state index contributed by atoms with van der Waals surface area (Å²) >= 11 is 9.39. The predicted molar refractivity (Wildman–Crippen MR) is 110 cm³/mol. The van der Waals surface area contributed by atoms with Gasteiger partial charge in [-0.15, -0.1) is 10.2 Å². The zero-order chi connectivity index (χ0) is 19.5. The van der Waals surface area contributed by atoms with Crippen LogP contribution in [-0.4, -0.2) is 52.1 Å². The van der Waals surface area contributed by atoms with Crippen LogP contribution in [0.2, 0.25) is 5.02 Å². The maximum Gasteiger partial charge on any atom is 0.253 e. The Balaban J connectivity index is 1.34. The summed E-state index contributed by atoms with van der Waals surface area (Å²) in [4.78, 5) is 16.7. The molecule has 0 radical (unpaired) electrons. The van der Waals surface area contributed by atoms with Gasteiger partial charge in [0.25, 0.3) is 5.91 Å². The third kappa shape index (κ3) is 4.27. The van der Waals surface area contributed by atoms with Crippen molar-refractivity contribution in [1.82, 2.24) is 20.0 Å². The Morgan fingerprint density at radius 1 is 1.04 bits per heavy atom. The summed E-state index contributed by atoms with van der Waals surface area (Å²) in [5.74, 6) is 1.10. The highest BCUT2D eigenvalue weighted by molar-refractivity contribution is 9.10. The van der Waals surface area contributed by atoms with Gasteiger partial charge in [-0.1, -0.05) is 23.7 Å². The summed E-state index contributed by atoms with van der Waals surface area (Å²) in [6.45, 7) is 3.40. The number of aromatic nitrogens is 2. The van der Waals surface area contributed by atoms with Gasteiger partial charge in [0, 0.05) is 41.2 Å². The Labute approximate surface area is 176 Å². The minimum atomic E-state index is 0.0327. The molecule has 144 valence electrons. The molecule has 1 fully saturated rings. The number of carbonyl (C=O) groups excluding carboxylic acids is 1. The first-order valence-electron chi connectivity index (χ1n) is 8.94. The Hall–Kier alpha value is -2.22. The second-order valence-electron chi connectivity index (χ2n) is 6.56. The van der Waals surface area contributed by atoms with Crippen LogP contribution in [0, 0.1) is 0 Å². The second-order valence-corrected chi connectivity index (χ2v) is 7.85. The number of amides is 1. The summed E-state index contributed by atoms with van der Waals surface area (Å²) < 4.78 is 6.74. The van der Waals surface area contributed by atoms with E-state index in [9.17, 15) is 4.79 Å². The van der Waals surface area contributed by atoms with Crippen molar-refractivity contribution in [3.05, 3.63) is 69.5 Å². The average molecular weight is 462 g/mol. The van der Waals surface area contributed by atoms with Crippen LogP contribution in [0.5, 0.6) is 0 Å². The lowest BCUT2D eigenvalue weighted by Crippen LogP contribution is -2.48. The van der Waals surface area contributed by atoms with E-state index in [2.05, 4.69) is 31.0 Å². The molecule has 28 heavy (non-hydrogen) atoms. The van der Waals surface area contributed by atoms with Crippen molar-refractivity contribution >= 4 is 33.4 Å². The molecule has 0 N–H and O–H groups in total. The largest absolute Gasteiger partial charge is 0.419 e. The van der Waals surface area contributed by atoms with Crippen molar-refractivity contribution in [2.45, 2.75) is 6.54 Å². The van der Waals surface area contributed by atoms with Crippen LogP contribution in [0.15, 0.2) is 57.4 Å². The van der Waals surface area contributed by atoms with Crippen LogP contribution < -0.4 is 0 Å². The molecule has 1 aliphatic heterocycles. The lowest BCUT2D eigenvalue weighted by atomic mass is 10.2. The molecular formula is C20H18BrClN4O2. The molecule has 2 aromatic carbocycles. The molecule has 0 atom stereocenters. The maximum atomic E-state index is 12.6. The summed E-state index contributed by atoms with van der Waals surface area (Å²) in [6.07, 6.45) is 0. The Morgan fingerprint density at radius 3 is 2.46 bits per heavy atom. The van der Waals surface area contributed by atoms with Crippen molar-refractivity contribution in [2.24, 2.45) is 0 Å². The highest BCUT2D eigenvalue weighted by Gasteiger charge is 2.23. The third-order valence-electron chi connectivity index (χ3n) is 4.68. The lowest BCUT2D eigenvalue weighted by molar-refractivity contribution is 0.0618. The molecule has 0 saturated carbocycles. The first-order chi connectivity index (χ1) is 13.6. The smallest absolute Gasteiger partial charge is 0.253 e. The van der Waals surface area contributed by atoms with Crippen LogP contribution >= 0.6 is 27.5 Å². The summed E-state index contributed by atoms with van der Waals surface area (Å²) in [6, 6.07) is 14.7. The quantitative estimate of drug-likeness (QED) is 0.585. The van der Waals surface area contributed by atoms with E-state index in [1.807, 2.05) is 29.2 Å². The fraction of sp³-hybridized carbons (Fsp3) is 0.250. The summed E-state index contributed by atoms with van der Waals surface area (Å²) in [5, 5.41) is 8.95. The van der Waals surface area contributed by atoms with Crippen LogP contribution in [0.25, 0.3) is 11.5 Å². The summed E-state index contributed by atoms with van der Waals surface area (Å²) in [5.41, 5.74) is 1.53. The number of hydrogen-bond acceptors (Lipinski definition) is 5. The van der Waals surface area contributed by atoms with E-state index in [1.54, 1.807) is 24.3 Å². The molecule has 1 amide bonds. The van der Waals surface area contributed by atoms with Gasteiger partial charge < -0.3 is 9.32 Å². The molecule has 1 saturated heterocycles. The van der Waals surface area contributed by atoms with Gasteiger partial charge >= 0.3 is 0 Å². The maximum absolute atomic E-state index is 12.6. The van der Waals surface area contributed by atoms with Gasteiger partial charge in [-0.05, 0) is 52.3 Å². The number of halogens is 2. The van der Waals surface area contributed by atoms with E-state index >= 15 is 0 Å². The molecule has 0 unspecified atom stereocenters. The average Bonchev–Trinajstić information content (AvgIpc) is 3.17. The minimum absolute atomic E-state index is 0.0327. The monoisotopic (exact) mass is 460 g/mol. The molecule has 0 bridgehead atoms. The van der Waals surface area contributed by atoms with E-state index in [4.69, 9.17) is 16.0 Å². The lowest BCUT2D eigenvalue weighted by Gasteiger charge is -2.34. The Morgan fingerprint density at radius 2 is 1.75 bits per heavy atom. The van der Waals surface area contributed by atoms with Gasteiger partial charge in [-0.3, -0.25) is 9.69 Å². The molecule has 0 spiro atoms. The molecule has 6 nitrogen and oxygen atoms in total. The van der Waals surface area contributed by atoms with E-state index in [-0.39, 0.29) is 5.91 Å². The second kappa shape index (κ2) is 8.43. The highest BCUT2D eigenvalue weighted by Crippen LogP contribution is 2.27. The van der Waals surface area contributed by atoms with Crippen LogP contribution in [0.1, 0.15) is 16.2 Å². The third-order valence-corrected chi connectivity index (χ3v) is 5.62. The summed E-state index contributed by atoms with van der Waals surface area (Å²) in [7, 11) is 0. The number of benzene rings is 2. The van der Waals surface area contributed by atoms with E-state index in [0.717, 1.165) is 23.1 Å². The molecule has 0 aliphatic carbocycles. The first-order valence-corrected chi connectivity index (χ1v) is 10.1. The zero-order valence-electron chi connectivity index (χ0n) is 15.0. The van der Waals surface area contributed by atoms with Gasteiger partial charge in [0.1, 0.15) is 0 Å². The fourth-order valence-electron chi connectivity index (χ4n) is 3.14. The standard InChI is InChI=1S/C20H18BrClN4O2/c21-17-4-2-1-3-16(17)19-24-23-18(28-19)13-25-9-11-26(12-10-25)20(27)14-5-7-15(22)8-6-14/h1-8H,9-13H2. The van der Waals surface area contributed by atoms with Crippen molar-refractivity contribution in [1.29, 1.82) is 0 Å². The molecular weight excluding hydrogens is 444 g/mol. The van der Waals surface area contributed by atoms with E-state index in [1.165, 1.54) is 0 Å². The fourth-order valence-corrected chi connectivity index (χ4v) is 3.72. The van der Waals surface area contributed by atoms with Crippen LogP contribution in [-0.2, 0) is 6.54 Å². The SMILES string of the molecule is O=C(c1ccc(Cl)cc1)N1CCN(Cc2nnc(-c3ccccc3Br)o2)CC1. The molecule has 1 aliphatic rings. The van der Waals surface area contributed by atoms with Gasteiger partial charge in [0.05, 0.1) is 12.1 Å². The number of nitrogens with zero attached hydrogens (tertiary/aromatic N) is 4. The number of rotatable bonds is 4. The van der Waals surface area contributed by atoms with E-state index in [0.29, 0.717) is 42.0 Å².